The van der Waals surface area contributed by atoms with Crippen LogP contribution < -0.4 is 0 Å². The van der Waals surface area contributed by atoms with E-state index in [1.54, 1.807) is 6.08 Å². The fraction of sp³-hybridized carbons (Fsp3) is 0.556. The van der Waals surface area contributed by atoms with Gasteiger partial charge in [-0.1, -0.05) is 26.0 Å². The Morgan fingerprint density at radius 1 is 1.23 bits per heavy atom. The number of allylic oxidation sites excluding steroid dienone is 1. The molecule has 0 fully saturated rings. The second kappa shape index (κ2) is 5.35. The third-order valence-corrected chi connectivity index (χ3v) is 1.47. The molecule has 0 unspecified atom stereocenters. The molecule has 0 aliphatic heterocycles. The van der Waals surface area contributed by atoms with E-state index in [2.05, 4.69) is 0 Å². The van der Waals surface area contributed by atoms with Gasteiger partial charge in [-0.3, -0.25) is 9.59 Å². The van der Waals surface area contributed by atoms with Crippen molar-refractivity contribution in [1.29, 1.82) is 0 Å². The Bertz CT molecular complexity index is 204. The molecular formula is C9H14O4. The van der Waals surface area contributed by atoms with Crippen molar-refractivity contribution in [1.82, 2.24) is 0 Å². The molecule has 0 saturated carbocycles. The van der Waals surface area contributed by atoms with E-state index in [0.29, 0.717) is 12.3 Å². The van der Waals surface area contributed by atoms with Crippen molar-refractivity contribution in [2.45, 2.75) is 20.3 Å². The van der Waals surface area contributed by atoms with Gasteiger partial charge in [0.15, 0.2) is 5.92 Å². The topological polar surface area (TPSA) is 74.6 Å². The lowest BCUT2D eigenvalue weighted by atomic mass is 10.1. The van der Waals surface area contributed by atoms with Crippen LogP contribution in [0.1, 0.15) is 20.3 Å². The quantitative estimate of drug-likeness (QED) is 0.502. The van der Waals surface area contributed by atoms with Gasteiger partial charge < -0.3 is 10.2 Å². The minimum atomic E-state index is -1.42. The van der Waals surface area contributed by atoms with Crippen LogP contribution in [0.25, 0.3) is 0 Å². The zero-order valence-electron chi connectivity index (χ0n) is 7.73. The third kappa shape index (κ3) is 5.00. The maximum Gasteiger partial charge on any atom is 0.321 e. The second-order valence-electron chi connectivity index (χ2n) is 3.21. The first-order valence-corrected chi connectivity index (χ1v) is 4.07. The Hall–Kier alpha value is -1.32. The highest BCUT2D eigenvalue weighted by atomic mass is 16.4. The lowest BCUT2D eigenvalue weighted by molar-refractivity contribution is -0.151. The summed E-state index contributed by atoms with van der Waals surface area (Å²) in [7, 11) is 0. The lowest BCUT2D eigenvalue weighted by Crippen LogP contribution is -2.20. The molecule has 0 aliphatic rings. The van der Waals surface area contributed by atoms with Gasteiger partial charge in [-0.15, -0.1) is 0 Å². The molecule has 0 radical (unpaired) electrons. The summed E-state index contributed by atoms with van der Waals surface area (Å²) in [4.78, 5) is 20.8. The smallest absolute Gasteiger partial charge is 0.321 e. The number of rotatable bonds is 5. The zero-order chi connectivity index (χ0) is 10.4. The molecule has 0 spiro atoms. The van der Waals surface area contributed by atoms with Gasteiger partial charge in [-0.2, -0.15) is 0 Å². The average molecular weight is 186 g/mol. The van der Waals surface area contributed by atoms with E-state index in [9.17, 15) is 9.59 Å². The Kier molecular flexibility index (Phi) is 4.80. The Labute approximate surface area is 76.9 Å². The monoisotopic (exact) mass is 186 g/mol. The summed E-state index contributed by atoms with van der Waals surface area (Å²) in [6.07, 6.45) is 3.50. The van der Waals surface area contributed by atoms with Crippen LogP contribution in [0.3, 0.4) is 0 Å². The first-order chi connectivity index (χ1) is 5.95. The van der Waals surface area contributed by atoms with E-state index in [1.807, 2.05) is 13.8 Å². The van der Waals surface area contributed by atoms with Gasteiger partial charge in [-0.25, -0.2) is 0 Å². The van der Waals surface area contributed by atoms with E-state index in [1.165, 1.54) is 6.08 Å². The SMILES string of the molecule is CC(C)CC=CC(C(=O)O)C(=O)O. The van der Waals surface area contributed by atoms with Crippen molar-refractivity contribution < 1.29 is 19.8 Å². The fourth-order valence-corrected chi connectivity index (χ4v) is 0.757. The lowest BCUT2D eigenvalue weighted by Gasteiger charge is -2.01. The first-order valence-electron chi connectivity index (χ1n) is 4.07. The standard InChI is InChI=1S/C9H14O4/c1-6(2)4-3-5-7(8(10)11)9(12)13/h3,5-7H,4H2,1-2H3,(H,10,11)(H,12,13). The molecule has 0 aromatic heterocycles. The molecule has 0 rings (SSSR count). The Morgan fingerprint density at radius 2 is 1.69 bits per heavy atom. The molecule has 0 aromatic rings. The van der Waals surface area contributed by atoms with Gasteiger partial charge >= 0.3 is 11.9 Å². The van der Waals surface area contributed by atoms with Crippen LogP contribution in [-0.2, 0) is 9.59 Å². The Morgan fingerprint density at radius 3 is 2.00 bits per heavy atom. The van der Waals surface area contributed by atoms with Gasteiger partial charge in [0.2, 0.25) is 0 Å². The van der Waals surface area contributed by atoms with Crippen LogP contribution in [0.5, 0.6) is 0 Å². The van der Waals surface area contributed by atoms with Crippen molar-refractivity contribution in [2.75, 3.05) is 0 Å². The van der Waals surface area contributed by atoms with Crippen LogP contribution in [0, 0.1) is 11.8 Å². The van der Waals surface area contributed by atoms with Crippen LogP contribution in [-0.4, -0.2) is 22.2 Å². The van der Waals surface area contributed by atoms with Crippen LogP contribution >= 0.6 is 0 Å². The highest BCUT2D eigenvalue weighted by Gasteiger charge is 2.21. The van der Waals surface area contributed by atoms with Crippen molar-refractivity contribution in [2.24, 2.45) is 11.8 Å². The van der Waals surface area contributed by atoms with E-state index < -0.39 is 17.9 Å². The fourth-order valence-electron chi connectivity index (χ4n) is 0.757. The average Bonchev–Trinajstić information content (AvgIpc) is 1.95. The van der Waals surface area contributed by atoms with E-state index >= 15 is 0 Å². The summed E-state index contributed by atoms with van der Waals surface area (Å²) in [5.41, 5.74) is 0. The van der Waals surface area contributed by atoms with Gasteiger partial charge in [-0.05, 0) is 12.3 Å². The van der Waals surface area contributed by atoms with Crippen molar-refractivity contribution in [3.05, 3.63) is 12.2 Å². The van der Waals surface area contributed by atoms with Crippen molar-refractivity contribution >= 4 is 11.9 Å². The van der Waals surface area contributed by atoms with Gasteiger partial charge in [0.25, 0.3) is 0 Å². The van der Waals surface area contributed by atoms with Crippen LogP contribution in [0.15, 0.2) is 12.2 Å². The minimum absolute atomic E-state index is 0.402. The number of carboxylic acids is 2. The summed E-state index contributed by atoms with van der Waals surface area (Å²) in [6.45, 7) is 3.95. The zero-order valence-corrected chi connectivity index (χ0v) is 7.73. The van der Waals surface area contributed by atoms with E-state index in [0.717, 1.165) is 0 Å². The molecule has 2 N–H and O–H groups in total. The molecule has 0 amide bonds. The normalized spacial score (nSPS) is 11.4. The largest absolute Gasteiger partial charge is 0.480 e. The van der Waals surface area contributed by atoms with E-state index in [4.69, 9.17) is 10.2 Å². The van der Waals surface area contributed by atoms with Crippen LogP contribution in [0.4, 0.5) is 0 Å². The molecule has 0 aliphatic carbocycles. The first kappa shape index (κ1) is 11.7. The number of hydrogen-bond acceptors (Lipinski definition) is 2. The summed E-state index contributed by atoms with van der Waals surface area (Å²) in [6, 6.07) is 0. The van der Waals surface area contributed by atoms with Gasteiger partial charge in [0.1, 0.15) is 0 Å². The van der Waals surface area contributed by atoms with Crippen LogP contribution in [0.2, 0.25) is 0 Å². The molecule has 0 aromatic carbocycles. The molecule has 13 heavy (non-hydrogen) atoms. The van der Waals surface area contributed by atoms with E-state index in [-0.39, 0.29) is 0 Å². The summed E-state index contributed by atoms with van der Waals surface area (Å²) < 4.78 is 0. The molecule has 74 valence electrons. The van der Waals surface area contributed by atoms with Crippen molar-refractivity contribution in [3.63, 3.8) is 0 Å². The van der Waals surface area contributed by atoms with Gasteiger partial charge in [0.05, 0.1) is 0 Å². The number of hydrogen-bond donors (Lipinski definition) is 2. The minimum Gasteiger partial charge on any atom is -0.480 e. The molecule has 4 nitrogen and oxygen atoms in total. The molecule has 0 heterocycles. The Balaban J connectivity index is 4.18. The second-order valence-corrected chi connectivity index (χ2v) is 3.21. The van der Waals surface area contributed by atoms with Gasteiger partial charge in [0, 0.05) is 0 Å². The number of carbonyl (C=O) groups is 2. The molecule has 0 bridgehead atoms. The predicted octanol–water partition coefficient (Wildman–Crippen LogP) is 1.37. The summed E-state index contributed by atoms with van der Waals surface area (Å²) >= 11 is 0. The molecule has 4 heteroatoms. The highest BCUT2D eigenvalue weighted by molar-refractivity contribution is 5.94. The molecule has 0 saturated heterocycles. The molecule has 0 atom stereocenters. The maximum absolute atomic E-state index is 10.4. The number of carboxylic acid groups (broad SMARTS) is 2. The predicted molar refractivity (Wildman–Crippen MR) is 47.4 cm³/mol. The number of aliphatic carboxylic acids is 2. The van der Waals surface area contributed by atoms with Crippen molar-refractivity contribution in [3.8, 4) is 0 Å². The maximum atomic E-state index is 10.4. The third-order valence-electron chi connectivity index (χ3n) is 1.47. The summed E-state index contributed by atoms with van der Waals surface area (Å²) in [5, 5.41) is 17.0. The molecular weight excluding hydrogens is 172 g/mol. The highest BCUT2D eigenvalue weighted by Crippen LogP contribution is 2.04. The summed E-state index contributed by atoms with van der Waals surface area (Å²) in [5.74, 6) is -3.67.